The molecule has 0 aliphatic heterocycles. The molecule has 0 atom stereocenters. The summed E-state index contributed by atoms with van der Waals surface area (Å²) in [6.07, 6.45) is -7.17. The zero-order valence-corrected chi connectivity index (χ0v) is 6.41. The van der Waals surface area contributed by atoms with E-state index in [-0.39, 0.29) is 4.60 Å². The summed E-state index contributed by atoms with van der Waals surface area (Å²) >= 11 is 2.81. The highest BCUT2D eigenvalue weighted by Crippen LogP contribution is 2.09. The summed E-state index contributed by atoms with van der Waals surface area (Å²) in [4.78, 5) is 3.47. The Labute approximate surface area is 83.7 Å². The minimum Gasteiger partial charge on any atom is -0.249 e. The molecule has 10 heavy (non-hydrogen) atoms. The van der Waals surface area contributed by atoms with Gasteiger partial charge in [0.25, 0.3) is 0 Å². The highest BCUT2D eigenvalue weighted by Gasteiger charge is 1.91. The van der Waals surface area contributed by atoms with Gasteiger partial charge in [-0.1, -0.05) is 13.2 Å². The van der Waals surface area contributed by atoms with E-state index in [0.29, 0.717) is 0 Å². The molecule has 0 amide bonds. The van der Waals surface area contributed by atoms with E-state index in [1.807, 2.05) is 0 Å². The fraction of sp³-hybridized carbons (Fsp3) is 0.375. The van der Waals surface area contributed by atoms with Gasteiger partial charge in [-0.25, -0.2) is 4.98 Å². The predicted molar refractivity (Wildman–Crippen MR) is 45.9 cm³/mol. The van der Waals surface area contributed by atoms with E-state index in [9.17, 15) is 0 Å². The van der Waals surface area contributed by atoms with Gasteiger partial charge in [0.1, 0.15) is 4.60 Å². The lowest BCUT2D eigenvalue weighted by molar-refractivity contribution is 0.916. The summed E-state index contributed by atoms with van der Waals surface area (Å²) in [7, 11) is 0. The molecule has 2 heteroatoms. The SMILES string of the molecule is [2H]c1nc(Br)c([2H])c(C([2H])([2H])C([2H])([2H])C([2H])([2H])[2H])c1[2H]. The minimum atomic E-state index is -3.33. The van der Waals surface area contributed by atoms with Gasteiger partial charge < -0.3 is 0 Å². The van der Waals surface area contributed by atoms with Gasteiger partial charge in [0, 0.05) is 15.8 Å². The number of pyridine rings is 1. The molecular weight excluding hydrogens is 190 g/mol. The normalized spacial score (nSPS) is 28.5. The van der Waals surface area contributed by atoms with E-state index in [1.165, 1.54) is 0 Å². The molecule has 54 valence electrons. The maximum absolute atomic E-state index is 7.76. The Kier molecular flexibility index (Phi) is 0.691. The van der Waals surface area contributed by atoms with Crippen LogP contribution in [0.2, 0.25) is 0 Å². The van der Waals surface area contributed by atoms with Gasteiger partial charge in [-0.3, -0.25) is 0 Å². The Bertz CT molecular complexity index is 511. The second-order valence-corrected chi connectivity index (χ2v) is 2.14. The first kappa shape index (κ1) is 1.86. The Morgan fingerprint density at radius 1 is 2.00 bits per heavy atom. The molecular formula is C8H10BrN. The van der Waals surface area contributed by atoms with Gasteiger partial charge >= 0.3 is 0 Å². The number of rotatable bonds is 2. The first-order valence-corrected chi connectivity index (χ1v) is 3.18. The standard InChI is InChI=1S/C8H10BrN/c1-2-3-7-4-5-10-8(9)6-7/h4-6H,2-3H2,1H3/i1D3,2D2,3D2,4D,5D,6D. The molecule has 0 N–H and O–H groups in total. The molecule has 0 saturated heterocycles. The van der Waals surface area contributed by atoms with Crippen LogP contribution in [0, 0.1) is 0 Å². The first-order valence-electron chi connectivity index (χ1n) is 7.39. The third-order valence-corrected chi connectivity index (χ3v) is 1.13. The van der Waals surface area contributed by atoms with E-state index in [4.69, 9.17) is 13.7 Å². The fourth-order valence-electron chi connectivity index (χ4n) is 0.420. The van der Waals surface area contributed by atoms with Gasteiger partial charge in [0.2, 0.25) is 0 Å². The van der Waals surface area contributed by atoms with E-state index >= 15 is 0 Å². The molecule has 0 spiro atoms. The Hall–Kier alpha value is -0.370. The van der Waals surface area contributed by atoms with Crippen molar-refractivity contribution in [1.29, 1.82) is 0 Å². The molecule has 0 fully saturated rings. The molecule has 1 rings (SSSR count). The van der Waals surface area contributed by atoms with Crippen LogP contribution in [-0.4, -0.2) is 4.98 Å². The molecule has 0 aliphatic rings. The third kappa shape index (κ3) is 2.10. The minimum absolute atomic E-state index is 0.251. The lowest BCUT2D eigenvalue weighted by Crippen LogP contribution is -1.83. The molecule has 0 radical (unpaired) electrons. The zero-order valence-electron chi connectivity index (χ0n) is 14.8. The molecule has 1 aromatic heterocycles. The zero-order chi connectivity index (χ0) is 16.1. The number of hydrogen-bond donors (Lipinski definition) is 0. The largest absolute Gasteiger partial charge is 0.249 e. The van der Waals surface area contributed by atoms with Crippen molar-refractivity contribution < 1.29 is 13.7 Å². The highest BCUT2D eigenvalue weighted by molar-refractivity contribution is 9.10. The van der Waals surface area contributed by atoms with Crippen LogP contribution >= 0.6 is 15.9 Å². The maximum atomic E-state index is 7.76. The molecule has 0 bridgehead atoms. The molecule has 0 aliphatic carbocycles. The number of nitrogens with zero attached hydrogens (tertiary/aromatic N) is 1. The Morgan fingerprint density at radius 2 is 2.90 bits per heavy atom. The lowest BCUT2D eigenvalue weighted by atomic mass is 10.2. The Balaban J connectivity index is 3.67. The van der Waals surface area contributed by atoms with Crippen LogP contribution < -0.4 is 0 Å². The summed E-state index contributed by atoms with van der Waals surface area (Å²) in [5.74, 6) is 0. The molecule has 0 unspecified atom stereocenters. The van der Waals surface area contributed by atoms with Gasteiger partial charge in [-0.05, 0) is 40.0 Å². The van der Waals surface area contributed by atoms with Crippen molar-refractivity contribution in [2.75, 3.05) is 0 Å². The summed E-state index contributed by atoms with van der Waals surface area (Å²) in [5.41, 5.74) is -0.814. The van der Waals surface area contributed by atoms with Crippen LogP contribution in [0.4, 0.5) is 0 Å². The molecule has 0 saturated carbocycles. The van der Waals surface area contributed by atoms with Gasteiger partial charge in [0.15, 0.2) is 0 Å². The van der Waals surface area contributed by atoms with Crippen molar-refractivity contribution in [3.05, 3.63) is 28.4 Å². The number of halogens is 1. The van der Waals surface area contributed by atoms with Gasteiger partial charge in [-0.15, -0.1) is 0 Å². The monoisotopic (exact) mass is 209 g/mol. The predicted octanol–water partition coefficient (Wildman–Crippen LogP) is 2.80. The van der Waals surface area contributed by atoms with Crippen molar-refractivity contribution in [2.45, 2.75) is 19.6 Å². The average Bonchev–Trinajstić information content (AvgIpc) is 2.24. The van der Waals surface area contributed by atoms with Crippen LogP contribution in [0.15, 0.2) is 22.9 Å². The summed E-state index contributed by atoms with van der Waals surface area (Å²) in [5, 5.41) is 0. The molecule has 1 heterocycles. The Morgan fingerprint density at radius 3 is 3.70 bits per heavy atom. The van der Waals surface area contributed by atoms with Crippen LogP contribution in [-0.2, 0) is 6.37 Å². The van der Waals surface area contributed by atoms with Crippen LogP contribution in [0.25, 0.3) is 0 Å². The smallest absolute Gasteiger partial charge is 0.106 e. The fourth-order valence-corrected chi connectivity index (χ4v) is 0.707. The summed E-state index contributed by atoms with van der Waals surface area (Å²) in [6, 6.07) is -1.46. The van der Waals surface area contributed by atoms with Crippen molar-refractivity contribution >= 4 is 15.9 Å². The van der Waals surface area contributed by atoms with Crippen molar-refractivity contribution in [3.8, 4) is 0 Å². The van der Waals surface area contributed by atoms with E-state index < -0.39 is 43.4 Å². The van der Waals surface area contributed by atoms with Gasteiger partial charge in [0.05, 0.1) is 4.11 Å². The second-order valence-electron chi connectivity index (χ2n) is 1.39. The number of aromatic nitrogens is 1. The van der Waals surface area contributed by atoms with Crippen molar-refractivity contribution in [3.63, 3.8) is 0 Å². The average molecular weight is 210 g/mol. The van der Waals surface area contributed by atoms with Crippen molar-refractivity contribution in [1.82, 2.24) is 4.98 Å². The molecule has 1 aromatic rings. The molecule has 0 aromatic carbocycles. The van der Waals surface area contributed by atoms with Crippen LogP contribution in [0.1, 0.15) is 32.5 Å². The third-order valence-electron chi connectivity index (χ3n) is 0.751. The van der Waals surface area contributed by atoms with E-state index in [1.54, 1.807) is 0 Å². The second kappa shape index (κ2) is 3.71. The number of hydrogen-bond acceptors (Lipinski definition) is 1. The molecule has 1 nitrogen and oxygen atoms in total. The van der Waals surface area contributed by atoms with E-state index in [0.717, 1.165) is 0 Å². The lowest BCUT2D eigenvalue weighted by Gasteiger charge is -1.96. The van der Waals surface area contributed by atoms with Crippen molar-refractivity contribution in [2.24, 2.45) is 0 Å². The summed E-state index contributed by atoms with van der Waals surface area (Å²) < 4.78 is 74.3. The van der Waals surface area contributed by atoms with Crippen LogP contribution in [0.5, 0.6) is 0 Å². The topological polar surface area (TPSA) is 12.9 Å². The quantitative estimate of drug-likeness (QED) is 0.684. The first-order chi connectivity index (χ1) is 8.75. The maximum Gasteiger partial charge on any atom is 0.106 e. The van der Waals surface area contributed by atoms with E-state index in [2.05, 4.69) is 20.9 Å². The summed E-state index contributed by atoms with van der Waals surface area (Å²) in [6.45, 7) is -3.30. The van der Waals surface area contributed by atoms with Gasteiger partial charge in [-0.2, -0.15) is 0 Å². The highest BCUT2D eigenvalue weighted by atomic mass is 79.9. The van der Waals surface area contributed by atoms with Crippen LogP contribution in [0.3, 0.4) is 0 Å².